The molecule has 1 heterocycles. The molecule has 0 fully saturated rings. The first-order chi connectivity index (χ1) is 10.1. The highest BCUT2D eigenvalue weighted by atomic mass is 16.5. The number of benzene rings is 2. The lowest BCUT2D eigenvalue weighted by Crippen LogP contribution is -2.21. The normalized spacial score (nSPS) is 19.0. The zero-order valence-corrected chi connectivity index (χ0v) is 10.9. The molecule has 1 atom stereocenters. The van der Waals surface area contributed by atoms with Crippen molar-refractivity contribution in [1.29, 1.82) is 0 Å². The van der Waals surface area contributed by atoms with Crippen LogP contribution in [0.5, 0.6) is 23.0 Å². The van der Waals surface area contributed by atoms with Gasteiger partial charge in [-0.25, -0.2) is 0 Å². The van der Waals surface area contributed by atoms with E-state index in [0.717, 1.165) is 11.6 Å². The van der Waals surface area contributed by atoms with Crippen LogP contribution in [0.4, 0.5) is 0 Å². The van der Waals surface area contributed by atoms with E-state index in [4.69, 9.17) is 9.94 Å². The molecule has 3 rings (SSSR count). The summed E-state index contributed by atoms with van der Waals surface area (Å²) >= 11 is 0. The first-order valence-electron chi connectivity index (χ1n) is 6.31. The van der Waals surface area contributed by atoms with Gasteiger partial charge in [-0.2, -0.15) is 0 Å². The minimum Gasteiger partial charge on any atom is -0.508 e. The van der Waals surface area contributed by atoms with Crippen molar-refractivity contribution < 1.29 is 25.3 Å². The summed E-state index contributed by atoms with van der Waals surface area (Å²) in [5, 5.41) is 41.1. The van der Waals surface area contributed by atoms with Crippen molar-refractivity contribution in [2.24, 2.45) is 5.16 Å². The fraction of sp³-hybridized carbons (Fsp3) is 0.133. The topological polar surface area (TPSA) is 103 Å². The number of phenols is 3. The van der Waals surface area contributed by atoms with Crippen molar-refractivity contribution >= 4 is 5.71 Å². The van der Waals surface area contributed by atoms with E-state index in [2.05, 4.69) is 5.16 Å². The van der Waals surface area contributed by atoms with Gasteiger partial charge in [-0.1, -0.05) is 17.3 Å². The van der Waals surface area contributed by atoms with Crippen LogP contribution < -0.4 is 4.74 Å². The van der Waals surface area contributed by atoms with Gasteiger partial charge in [-0.3, -0.25) is 0 Å². The average molecular weight is 287 g/mol. The maximum Gasteiger partial charge on any atom is 0.136 e. The molecule has 4 N–H and O–H groups in total. The van der Waals surface area contributed by atoms with Crippen LogP contribution in [0.3, 0.4) is 0 Å². The number of rotatable bonds is 1. The SMILES string of the molecule is O/N=C1\CC(c2ccc(O)cc2)Oc2cc(O)cc(O)c21. The maximum atomic E-state index is 9.87. The number of hydrogen-bond donors (Lipinski definition) is 4. The molecule has 0 amide bonds. The van der Waals surface area contributed by atoms with E-state index < -0.39 is 6.10 Å². The van der Waals surface area contributed by atoms with Crippen LogP contribution in [0.1, 0.15) is 23.7 Å². The molecule has 1 unspecified atom stereocenters. The van der Waals surface area contributed by atoms with Gasteiger partial charge < -0.3 is 25.3 Å². The Balaban J connectivity index is 2.04. The monoisotopic (exact) mass is 287 g/mol. The third-order valence-electron chi connectivity index (χ3n) is 3.39. The van der Waals surface area contributed by atoms with Crippen LogP contribution in [-0.4, -0.2) is 26.2 Å². The molecule has 0 saturated carbocycles. The number of fused-ring (bicyclic) bond motifs is 1. The molecule has 2 aromatic rings. The van der Waals surface area contributed by atoms with Gasteiger partial charge in [-0.05, 0) is 17.7 Å². The number of nitrogens with zero attached hydrogens (tertiary/aromatic N) is 1. The summed E-state index contributed by atoms with van der Waals surface area (Å²) in [4.78, 5) is 0. The molecule has 0 bridgehead atoms. The van der Waals surface area contributed by atoms with Crippen molar-refractivity contribution in [3.63, 3.8) is 0 Å². The van der Waals surface area contributed by atoms with Gasteiger partial charge >= 0.3 is 0 Å². The highest BCUT2D eigenvalue weighted by Crippen LogP contribution is 2.42. The molecule has 21 heavy (non-hydrogen) atoms. The van der Waals surface area contributed by atoms with Crippen molar-refractivity contribution in [3.05, 3.63) is 47.5 Å². The van der Waals surface area contributed by atoms with Gasteiger partial charge in [0.15, 0.2) is 0 Å². The molecule has 0 saturated heterocycles. The Morgan fingerprint density at radius 3 is 2.38 bits per heavy atom. The maximum absolute atomic E-state index is 9.87. The molecule has 1 aliphatic heterocycles. The summed E-state index contributed by atoms with van der Waals surface area (Å²) < 4.78 is 5.76. The van der Waals surface area contributed by atoms with E-state index in [1.54, 1.807) is 12.1 Å². The molecule has 6 nitrogen and oxygen atoms in total. The summed E-state index contributed by atoms with van der Waals surface area (Å²) in [5.41, 5.74) is 1.32. The first kappa shape index (κ1) is 13.1. The van der Waals surface area contributed by atoms with Crippen LogP contribution in [0.15, 0.2) is 41.6 Å². The average Bonchev–Trinajstić information content (AvgIpc) is 2.46. The van der Waals surface area contributed by atoms with E-state index in [1.807, 2.05) is 0 Å². The number of ether oxygens (including phenoxy) is 1. The summed E-state index contributed by atoms with van der Waals surface area (Å²) in [5.74, 6) is 0.0303. The minimum atomic E-state index is -0.440. The van der Waals surface area contributed by atoms with E-state index in [-0.39, 0.29) is 40.7 Å². The predicted octanol–water partition coefficient (Wildman–Crippen LogP) is 2.51. The predicted molar refractivity (Wildman–Crippen MR) is 74.2 cm³/mol. The molecule has 2 aromatic carbocycles. The largest absolute Gasteiger partial charge is 0.508 e. The molecule has 1 aliphatic rings. The van der Waals surface area contributed by atoms with E-state index in [9.17, 15) is 15.3 Å². The highest BCUT2D eigenvalue weighted by molar-refractivity contribution is 6.06. The number of aromatic hydroxyl groups is 3. The Hall–Kier alpha value is -2.89. The molecule has 108 valence electrons. The molecular weight excluding hydrogens is 274 g/mol. The number of phenolic OH excluding ortho intramolecular Hbond substituents is 3. The summed E-state index contributed by atoms with van der Waals surface area (Å²) in [6.07, 6.45) is -0.183. The van der Waals surface area contributed by atoms with E-state index >= 15 is 0 Å². The second-order valence-electron chi connectivity index (χ2n) is 4.79. The lowest BCUT2D eigenvalue weighted by molar-refractivity contribution is 0.200. The van der Waals surface area contributed by atoms with Crippen LogP contribution in [0.2, 0.25) is 0 Å². The molecule has 6 heteroatoms. The lowest BCUT2D eigenvalue weighted by atomic mass is 9.95. The Bertz CT molecular complexity index is 709. The lowest BCUT2D eigenvalue weighted by Gasteiger charge is -2.27. The number of oxime groups is 1. The van der Waals surface area contributed by atoms with Crippen LogP contribution in [0.25, 0.3) is 0 Å². The Kier molecular flexibility index (Phi) is 3.06. The third-order valence-corrected chi connectivity index (χ3v) is 3.39. The first-order valence-corrected chi connectivity index (χ1v) is 6.31. The van der Waals surface area contributed by atoms with Gasteiger partial charge in [0, 0.05) is 18.6 Å². The molecular formula is C15H13NO5. The summed E-state index contributed by atoms with van der Waals surface area (Å²) in [6.45, 7) is 0. The summed E-state index contributed by atoms with van der Waals surface area (Å²) in [7, 11) is 0. The summed E-state index contributed by atoms with van der Waals surface area (Å²) in [6, 6.07) is 8.97. The fourth-order valence-corrected chi connectivity index (χ4v) is 2.41. The smallest absolute Gasteiger partial charge is 0.136 e. The van der Waals surface area contributed by atoms with Gasteiger partial charge in [-0.15, -0.1) is 0 Å². The van der Waals surface area contributed by atoms with Crippen LogP contribution in [0, 0.1) is 0 Å². The van der Waals surface area contributed by atoms with Gasteiger partial charge in [0.05, 0.1) is 11.3 Å². The molecule has 0 aliphatic carbocycles. The molecule has 0 aromatic heterocycles. The quantitative estimate of drug-likeness (QED) is 0.476. The van der Waals surface area contributed by atoms with E-state index in [1.165, 1.54) is 18.2 Å². The van der Waals surface area contributed by atoms with Gasteiger partial charge in [0.2, 0.25) is 0 Å². The van der Waals surface area contributed by atoms with Crippen molar-refractivity contribution in [3.8, 4) is 23.0 Å². The molecule has 0 spiro atoms. The van der Waals surface area contributed by atoms with Crippen LogP contribution in [-0.2, 0) is 0 Å². The van der Waals surface area contributed by atoms with E-state index in [0.29, 0.717) is 0 Å². The van der Waals surface area contributed by atoms with Gasteiger partial charge in [0.25, 0.3) is 0 Å². The molecule has 0 radical (unpaired) electrons. The number of hydrogen-bond acceptors (Lipinski definition) is 6. The third kappa shape index (κ3) is 2.31. The van der Waals surface area contributed by atoms with Crippen molar-refractivity contribution in [2.75, 3.05) is 0 Å². The highest BCUT2D eigenvalue weighted by Gasteiger charge is 2.29. The zero-order chi connectivity index (χ0) is 15.0. The van der Waals surface area contributed by atoms with Crippen molar-refractivity contribution in [1.82, 2.24) is 0 Å². The Labute approximate surface area is 120 Å². The van der Waals surface area contributed by atoms with Gasteiger partial charge in [0.1, 0.15) is 29.1 Å². The van der Waals surface area contributed by atoms with Crippen LogP contribution >= 0.6 is 0 Å². The van der Waals surface area contributed by atoms with Crippen molar-refractivity contribution in [2.45, 2.75) is 12.5 Å². The Morgan fingerprint density at radius 2 is 1.71 bits per heavy atom. The minimum absolute atomic E-state index is 0.140. The second-order valence-corrected chi connectivity index (χ2v) is 4.79. The second kappa shape index (κ2) is 4.90. The zero-order valence-electron chi connectivity index (χ0n) is 10.9. The fourth-order valence-electron chi connectivity index (χ4n) is 2.41. The Morgan fingerprint density at radius 1 is 1.00 bits per heavy atom. The standard InChI is InChI=1S/C15H13NO5/c17-9-3-1-8(2-4-9)13-7-11(16-20)15-12(19)5-10(18)6-14(15)21-13/h1-6,13,17-20H,7H2/b16-11+.